The summed E-state index contributed by atoms with van der Waals surface area (Å²) in [4.78, 5) is 0. The van der Waals surface area contributed by atoms with Gasteiger partial charge >= 0.3 is 0 Å². The molecule has 2 aromatic heterocycles. The van der Waals surface area contributed by atoms with Gasteiger partial charge in [-0.25, -0.2) is 4.68 Å². The molecule has 0 bridgehead atoms. The Morgan fingerprint density at radius 1 is 1.39 bits per heavy atom. The van der Waals surface area contributed by atoms with Gasteiger partial charge in [0, 0.05) is 25.4 Å². The summed E-state index contributed by atoms with van der Waals surface area (Å²) < 4.78 is 9.03. The van der Waals surface area contributed by atoms with Crippen LogP contribution in [0.25, 0.3) is 0 Å². The number of aryl methyl sites for hydroxylation is 3. The molecule has 7 nitrogen and oxygen atoms in total. The molecular formula is C15H24N6OS. The van der Waals surface area contributed by atoms with Crippen LogP contribution in [0.15, 0.2) is 18.5 Å². The van der Waals surface area contributed by atoms with Crippen LogP contribution in [-0.2, 0) is 18.0 Å². The highest BCUT2D eigenvalue weighted by Gasteiger charge is 2.02. The smallest absolute Gasteiger partial charge is 0.170 e. The van der Waals surface area contributed by atoms with Crippen molar-refractivity contribution in [2.75, 3.05) is 18.5 Å². The monoisotopic (exact) mass is 336 g/mol. The van der Waals surface area contributed by atoms with E-state index < -0.39 is 0 Å². The van der Waals surface area contributed by atoms with Crippen molar-refractivity contribution >= 4 is 23.0 Å². The summed E-state index contributed by atoms with van der Waals surface area (Å²) in [6.45, 7) is 8.80. The van der Waals surface area contributed by atoms with E-state index in [-0.39, 0.29) is 0 Å². The third kappa shape index (κ3) is 5.65. The first-order valence-electron chi connectivity index (χ1n) is 7.74. The maximum atomic E-state index is 5.29. The number of aromatic nitrogens is 4. The molecule has 2 N–H and O–H groups in total. The Labute approximate surface area is 142 Å². The average molecular weight is 336 g/mol. The summed E-state index contributed by atoms with van der Waals surface area (Å²) in [5.74, 6) is 0. The Kier molecular flexibility index (Phi) is 6.54. The fourth-order valence-corrected chi connectivity index (χ4v) is 2.41. The highest BCUT2D eigenvalue weighted by molar-refractivity contribution is 7.80. The van der Waals surface area contributed by atoms with Crippen molar-refractivity contribution in [1.82, 2.24) is 24.9 Å². The predicted molar refractivity (Wildman–Crippen MR) is 94.4 cm³/mol. The van der Waals surface area contributed by atoms with E-state index in [0.717, 1.165) is 30.9 Å². The van der Waals surface area contributed by atoms with E-state index in [4.69, 9.17) is 17.0 Å². The van der Waals surface area contributed by atoms with Gasteiger partial charge in [0.15, 0.2) is 5.11 Å². The molecule has 0 spiro atoms. The Morgan fingerprint density at radius 3 is 2.91 bits per heavy atom. The van der Waals surface area contributed by atoms with Gasteiger partial charge in [-0.05, 0) is 45.5 Å². The summed E-state index contributed by atoms with van der Waals surface area (Å²) in [7, 11) is 0. The number of anilines is 1. The Hall–Kier alpha value is -1.93. The fraction of sp³-hybridized carbons (Fsp3) is 0.533. The van der Waals surface area contributed by atoms with Gasteiger partial charge in [-0.3, -0.25) is 4.68 Å². The average Bonchev–Trinajstić information content (AvgIpc) is 3.07. The lowest BCUT2D eigenvalue weighted by Gasteiger charge is -2.09. The van der Waals surface area contributed by atoms with Crippen molar-refractivity contribution in [3.05, 3.63) is 29.8 Å². The van der Waals surface area contributed by atoms with Gasteiger partial charge in [-0.1, -0.05) is 0 Å². The fourth-order valence-electron chi connectivity index (χ4n) is 2.19. The van der Waals surface area contributed by atoms with Gasteiger partial charge in [0.25, 0.3) is 0 Å². The molecule has 0 aliphatic heterocycles. The van der Waals surface area contributed by atoms with Gasteiger partial charge in [0.05, 0.1) is 23.8 Å². The van der Waals surface area contributed by atoms with Crippen LogP contribution in [0.4, 0.5) is 5.69 Å². The SMILES string of the molecule is CCOCn1cc(NC(=S)NCCCn2nc(C)cc2C)cn1. The maximum absolute atomic E-state index is 5.29. The van der Waals surface area contributed by atoms with Crippen LogP contribution in [0.1, 0.15) is 24.7 Å². The van der Waals surface area contributed by atoms with Crippen molar-refractivity contribution < 1.29 is 4.74 Å². The molecule has 2 aromatic rings. The second kappa shape index (κ2) is 8.64. The number of nitrogens with zero attached hydrogens (tertiary/aromatic N) is 4. The first-order valence-corrected chi connectivity index (χ1v) is 8.15. The summed E-state index contributed by atoms with van der Waals surface area (Å²) in [5.41, 5.74) is 3.09. The number of hydrogen-bond acceptors (Lipinski definition) is 4. The van der Waals surface area contributed by atoms with E-state index in [1.54, 1.807) is 10.9 Å². The standard InChI is InChI=1S/C15H24N6OS/c1-4-22-11-20-10-14(9-17-20)18-15(23)16-6-5-7-21-13(3)8-12(2)19-21/h8-10H,4-7,11H2,1-3H3,(H2,16,18,23). The quantitative estimate of drug-likeness (QED) is 0.568. The van der Waals surface area contributed by atoms with Crippen molar-refractivity contribution in [1.29, 1.82) is 0 Å². The minimum absolute atomic E-state index is 0.445. The van der Waals surface area contributed by atoms with Crippen LogP contribution in [-0.4, -0.2) is 37.8 Å². The third-order valence-electron chi connectivity index (χ3n) is 3.25. The molecule has 0 aliphatic carbocycles. The molecule has 2 rings (SSSR count). The minimum atomic E-state index is 0.445. The van der Waals surface area contributed by atoms with Crippen molar-refractivity contribution in [3.63, 3.8) is 0 Å². The number of nitrogens with one attached hydrogen (secondary N) is 2. The van der Waals surface area contributed by atoms with Gasteiger partial charge in [-0.2, -0.15) is 10.2 Å². The number of thiocarbonyl (C=S) groups is 1. The number of ether oxygens (including phenoxy) is 1. The zero-order valence-corrected chi connectivity index (χ0v) is 14.7. The molecule has 0 amide bonds. The summed E-state index contributed by atoms with van der Waals surface area (Å²) >= 11 is 5.28. The number of rotatable bonds is 8. The zero-order valence-electron chi connectivity index (χ0n) is 13.9. The lowest BCUT2D eigenvalue weighted by molar-refractivity contribution is 0.0792. The molecule has 0 radical (unpaired) electrons. The highest BCUT2D eigenvalue weighted by Crippen LogP contribution is 2.05. The Balaban J connectivity index is 1.67. The van der Waals surface area contributed by atoms with E-state index >= 15 is 0 Å². The molecule has 0 aromatic carbocycles. The van der Waals surface area contributed by atoms with Crippen LogP contribution in [0.3, 0.4) is 0 Å². The van der Waals surface area contributed by atoms with Crippen molar-refractivity contribution in [2.24, 2.45) is 0 Å². The van der Waals surface area contributed by atoms with Crippen LogP contribution < -0.4 is 10.6 Å². The van der Waals surface area contributed by atoms with Gasteiger partial charge in [0.2, 0.25) is 0 Å². The van der Waals surface area contributed by atoms with E-state index in [1.807, 2.05) is 24.7 Å². The molecule has 0 aliphatic rings. The van der Waals surface area contributed by atoms with Gasteiger partial charge < -0.3 is 15.4 Å². The molecule has 0 saturated heterocycles. The molecule has 0 unspecified atom stereocenters. The summed E-state index contributed by atoms with van der Waals surface area (Å²) in [5, 5.41) is 15.5. The second-order valence-corrected chi connectivity index (χ2v) is 5.68. The minimum Gasteiger partial charge on any atom is -0.362 e. The molecule has 2 heterocycles. The molecule has 0 saturated carbocycles. The van der Waals surface area contributed by atoms with Crippen LogP contribution in [0.2, 0.25) is 0 Å². The Morgan fingerprint density at radius 2 is 2.22 bits per heavy atom. The molecule has 8 heteroatoms. The Bertz CT molecular complexity index is 636. The van der Waals surface area contributed by atoms with E-state index in [1.165, 1.54) is 5.69 Å². The van der Waals surface area contributed by atoms with Crippen LogP contribution >= 0.6 is 12.2 Å². The van der Waals surface area contributed by atoms with Gasteiger partial charge in [0.1, 0.15) is 6.73 Å². The first kappa shape index (κ1) is 17.4. The topological polar surface area (TPSA) is 68.9 Å². The predicted octanol–water partition coefficient (Wildman–Crippen LogP) is 2.07. The molecule has 0 atom stereocenters. The van der Waals surface area contributed by atoms with E-state index in [9.17, 15) is 0 Å². The lowest BCUT2D eigenvalue weighted by atomic mass is 10.4. The highest BCUT2D eigenvalue weighted by atomic mass is 32.1. The third-order valence-corrected chi connectivity index (χ3v) is 3.50. The molecular weight excluding hydrogens is 312 g/mol. The normalized spacial score (nSPS) is 10.7. The van der Waals surface area contributed by atoms with E-state index in [2.05, 4.69) is 33.8 Å². The summed E-state index contributed by atoms with van der Waals surface area (Å²) in [6, 6.07) is 2.08. The molecule has 23 heavy (non-hydrogen) atoms. The van der Waals surface area contributed by atoms with Crippen LogP contribution in [0.5, 0.6) is 0 Å². The second-order valence-electron chi connectivity index (χ2n) is 5.28. The van der Waals surface area contributed by atoms with E-state index in [0.29, 0.717) is 18.5 Å². The molecule has 0 fully saturated rings. The maximum Gasteiger partial charge on any atom is 0.170 e. The van der Waals surface area contributed by atoms with Crippen molar-refractivity contribution in [2.45, 2.75) is 40.5 Å². The lowest BCUT2D eigenvalue weighted by Crippen LogP contribution is -2.29. The van der Waals surface area contributed by atoms with Gasteiger partial charge in [-0.15, -0.1) is 0 Å². The molecule has 126 valence electrons. The zero-order chi connectivity index (χ0) is 16.7. The summed E-state index contributed by atoms with van der Waals surface area (Å²) in [6.07, 6.45) is 4.54. The van der Waals surface area contributed by atoms with Crippen molar-refractivity contribution in [3.8, 4) is 0 Å². The number of hydrogen-bond donors (Lipinski definition) is 2. The largest absolute Gasteiger partial charge is 0.362 e. The van der Waals surface area contributed by atoms with Crippen LogP contribution in [0, 0.1) is 13.8 Å². The first-order chi connectivity index (χ1) is 11.1.